The molecule has 2 heterocycles. The fraction of sp³-hybridized carbons (Fsp3) is 0.353. The monoisotopic (exact) mass is 551 g/mol. The lowest BCUT2D eigenvalue weighted by atomic mass is 9.94. The van der Waals surface area contributed by atoms with Gasteiger partial charge in [0.05, 0.1) is 18.1 Å². The van der Waals surface area contributed by atoms with Gasteiger partial charge in [-0.1, -0.05) is 48.5 Å². The Labute approximate surface area is 243 Å². The van der Waals surface area contributed by atoms with Crippen molar-refractivity contribution in [1.82, 2.24) is 19.4 Å². The molecule has 1 fully saturated rings. The molecule has 3 aromatic carbocycles. The van der Waals surface area contributed by atoms with Crippen molar-refractivity contribution in [3.8, 4) is 5.75 Å². The highest BCUT2D eigenvalue weighted by molar-refractivity contribution is 5.94. The molecule has 1 atom stereocenters. The van der Waals surface area contributed by atoms with Crippen LogP contribution in [-0.4, -0.2) is 71.6 Å². The number of rotatable bonds is 12. The number of fused-ring (bicyclic) bond motifs is 1. The fourth-order valence-corrected chi connectivity index (χ4v) is 5.78. The number of ether oxygens (including phenoxy) is 1. The first-order valence-corrected chi connectivity index (χ1v) is 14.5. The van der Waals surface area contributed by atoms with E-state index in [0.717, 1.165) is 73.7 Å². The number of nitrogens with one attached hydrogen (secondary N) is 1. The number of carbonyl (C=O) groups is 1. The Kier molecular flexibility index (Phi) is 9.36. The van der Waals surface area contributed by atoms with Gasteiger partial charge in [0, 0.05) is 50.7 Å². The summed E-state index contributed by atoms with van der Waals surface area (Å²) < 4.78 is 7.59. The molecular formula is C34H41N5O2. The Hall–Kier alpha value is -4.10. The molecule has 1 aliphatic rings. The first-order chi connectivity index (χ1) is 20.1. The van der Waals surface area contributed by atoms with Gasteiger partial charge in [0.2, 0.25) is 5.95 Å². The van der Waals surface area contributed by atoms with E-state index in [1.165, 1.54) is 5.56 Å². The number of imidazole rings is 1. The van der Waals surface area contributed by atoms with E-state index in [2.05, 4.69) is 51.7 Å². The molecule has 214 valence electrons. The second-order valence-corrected chi connectivity index (χ2v) is 10.9. The van der Waals surface area contributed by atoms with Gasteiger partial charge in [-0.2, -0.15) is 0 Å². The number of hydrogen-bond acceptors (Lipinski definition) is 5. The standard InChI is InChI=1S/C34H41N5O2/c1-4-21-39-32-13-9-8-12-31(32)36-34(39)35-29-19-23-38(24-20-29)22-18-28(26-14-16-30(41-3)17-15-26)25-37(2)33(40)27-10-6-5-7-11-27/h4-17,28-29H,1,18-25H2,2-3H3,(H,35,36). The number of para-hydroxylation sites is 2. The molecule has 7 nitrogen and oxygen atoms in total. The number of allylic oxidation sites excluding steroid dienone is 1. The van der Waals surface area contributed by atoms with Crippen LogP contribution >= 0.6 is 0 Å². The van der Waals surface area contributed by atoms with Gasteiger partial charge < -0.3 is 24.4 Å². The van der Waals surface area contributed by atoms with E-state index in [4.69, 9.17) is 9.72 Å². The van der Waals surface area contributed by atoms with Crippen molar-refractivity contribution in [3.05, 3.63) is 103 Å². The summed E-state index contributed by atoms with van der Waals surface area (Å²) >= 11 is 0. The molecule has 0 saturated carbocycles. The summed E-state index contributed by atoms with van der Waals surface area (Å²) in [6.45, 7) is 8.40. The molecule has 1 unspecified atom stereocenters. The molecule has 1 aromatic heterocycles. The number of benzene rings is 3. The number of hydrogen-bond donors (Lipinski definition) is 1. The van der Waals surface area contributed by atoms with E-state index < -0.39 is 0 Å². The summed E-state index contributed by atoms with van der Waals surface area (Å²) in [5.74, 6) is 2.05. The van der Waals surface area contributed by atoms with Gasteiger partial charge >= 0.3 is 0 Å². The molecule has 4 aromatic rings. The predicted octanol–water partition coefficient (Wildman–Crippen LogP) is 6.05. The molecule has 1 aliphatic heterocycles. The third kappa shape index (κ3) is 6.98. The summed E-state index contributed by atoms with van der Waals surface area (Å²) in [4.78, 5) is 22.4. The van der Waals surface area contributed by atoms with Gasteiger partial charge in [0.25, 0.3) is 5.91 Å². The quantitative estimate of drug-likeness (QED) is 0.217. The highest BCUT2D eigenvalue weighted by Crippen LogP contribution is 2.26. The molecule has 41 heavy (non-hydrogen) atoms. The average molecular weight is 552 g/mol. The van der Waals surface area contributed by atoms with Crippen molar-refractivity contribution in [3.63, 3.8) is 0 Å². The van der Waals surface area contributed by atoms with Crippen LogP contribution in [0.15, 0.2) is 91.5 Å². The van der Waals surface area contributed by atoms with Crippen LogP contribution in [0.4, 0.5) is 5.95 Å². The van der Waals surface area contributed by atoms with E-state index in [9.17, 15) is 4.79 Å². The van der Waals surface area contributed by atoms with E-state index >= 15 is 0 Å². The third-order valence-electron chi connectivity index (χ3n) is 8.13. The lowest BCUT2D eigenvalue weighted by molar-refractivity contribution is 0.0782. The van der Waals surface area contributed by atoms with Gasteiger partial charge in [-0.05, 0) is 67.8 Å². The van der Waals surface area contributed by atoms with Crippen molar-refractivity contribution in [2.24, 2.45) is 0 Å². The average Bonchev–Trinajstić information content (AvgIpc) is 3.36. The lowest BCUT2D eigenvalue weighted by Gasteiger charge is -2.34. The smallest absolute Gasteiger partial charge is 0.253 e. The summed E-state index contributed by atoms with van der Waals surface area (Å²) in [5.41, 5.74) is 4.10. The third-order valence-corrected chi connectivity index (χ3v) is 8.13. The van der Waals surface area contributed by atoms with Gasteiger partial charge in [-0.25, -0.2) is 4.98 Å². The fourth-order valence-electron chi connectivity index (χ4n) is 5.78. The van der Waals surface area contributed by atoms with Crippen LogP contribution in [0.2, 0.25) is 0 Å². The van der Waals surface area contributed by atoms with Crippen LogP contribution in [0.1, 0.15) is 41.1 Å². The molecule has 0 spiro atoms. The number of methoxy groups -OCH3 is 1. The molecule has 1 amide bonds. The summed E-state index contributed by atoms with van der Waals surface area (Å²) in [6.07, 6.45) is 5.03. The van der Waals surface area contributed by atoms with Crippen molar-refractivity contribution in [1.29, 1.82) is 0 Å². The van der Waals surface area contributed by atoms with E-state index in [-0.39, 0.29) is 11.8 Å². The zero-order valence-corrected chi connectivity index (χ0v) is 24.2. The first-order valence-electron chi connectivity index (χ1n) is 14.5. The molecule has 0 radical (unpaired) electrons. The van der Waals surface area contributed by atoms with Gasteiger partial charge in [-0.15, -0.1) is 6.58 Å². The van der Waals surface area contributed by atoms with E-state index in [1.807, 2.05) is 66.6 Å². The highest BCUT2D eigenvalue weighted by atomic mass is 16.5. The maximum absolute atomic E-state index is 13.1. The number of anilines is 1. The second-order valence-electron chi connectivity index (χ2n) is 10.9. The Balaban J connectivity index is 1.20. The molecule has 1 saturated heterocycles. The second kappa shape index (κ2) is 13.5. The number of likely N-dealkylation sites (N-methyl/N-ethyl adjacent to an activating group) is 1. The van der Waals surface area contributed by atoms with Crippen LogP contribution in [0.5, 0.6) is 5.75 Å². The Morgan fingerprint density at radius 1 is 1.07 bits per heavy atom. The van der Waals surface area contributed by atoms with Crippen LogP contribution in [0.25, 0.3) is 11.0 Å². The number of carbonyl (C=O) groups excluding carboxylic acids is 1. The highest BCUT2D eigenvalue weighted by Gasteiger charge is 2.24. The number of aromatic nitrogens is 2. The predicted molar refractivity (Wildman–Crippen MR) is 167 cm³/mol. The van der Waals surface area contributed by atoms with Gasteiger partial charge in [0.1, 0.15) is 5.75 Å². The van der Waals surface area contributed by atoms with Crippen LogP contribution in [-0.2, 0) is 6.54 Å². The summed E-state index contributed by atoms with van der Waals surface area (Å²) in [5, 5.41) is 3.72. The lowest BCUT2D eigenvalue weighted by Crippen LogP contribution is -2.40. The molecule has 7 heteroatoms. The Bertz CT molecular complexity index is 1420. The first kappa shape index (κ1) is 28.4. The summed E-state index contributed by atoms with van der Waals surface area (Å²) in [7, 11) is 3.59. The molecular weight excluding hydrogens is 510 g/mol. The number of piperidine rings is 1. The van der Waals surface area contributed by atoms with Crippen molar-refractivity contribution in [2.75, 3.05) is 45.7 Å². The zero-order chi connectivity index (χ0) is 28.6. The molecule has 1 N–H and O–H groups in total. The largest absolute Gasteiger partial charge is 0.497 e. The maximum Gasteiger partial charge on any atom is 0.253 e. The minimum absolute atomic E-state index is 0.0541. The minimum Gasteiger partial charge on any atom is -0.497 e. The van der Waals surface area contributed by atoms with Crippen molar-refractivity contribution in [2.45, 2.75) is 37.8 Å². The van der Waals surface area contributed by atoms with Crippen molar-refractivity contribution >= 4 is 22.9 Å². The van der Waals surface area contributed by atoms with Crippen molar-refractivity contribution < 1.29 is 9.53 Å². The van der Waals surface area contributed by atoms with E-state index in [0.29, 0.717) is 12.6 Å². The zero-order valence-electron chi connectivity index (χ0n) is 24.2. The van der Waals surface area contributed by atoms with Gasteiger partial charge in [0.15, 0.2) is 0 Å². The maximum atomic E-state index is 13.1. The Morgan fingerprint density at radius 3 is 2.49 bits per heavy atom. The molecule has 0 aliphatic carbocycles. The van der Waals surface area contributed by atoms with E-state index in [1.54, 1.807) is 7.11 Å². The minimum atomic E-state index is 0.0541. The SMILES string of the molecule is C=CCn1c(NC2CCN(CCC(CN(C)C(=O)c3ccccc3)c3ccc(OC)cc3)CC2)nc2ccccc21. The molecule has 0 bridgehead atoms. The van der Waals surface area contributed by atoms with Crippen LogP contribution in [0, 0.1) is 0 Å². The van der Waals surface area contributed by atoms with Gasteiger partial charge in [-0.3, -0.25) is 4.79 Å². The summed E-state index contributed by atoms with van der Waals surface area (Å²) in [6, 6.07) is 26.5. The number of amides is 1. The molecule has 5 rings (SSSR count). The van der Waals surface area contributed by atoms with Crippen LogP contribution < -0.4 is 10.1 Å². The van der Waals surface area contributed by atoms with Crippen LogP contribution in [0.3, 0.4) is 0 Å². The number of likely N-dealkylation sites (tertiary alicyclic amines) is 1. The topological polar surface area (TPSA) is 62.6 Å². The normalized spacial score (nSPS) is 15.0. The Morgan fingerprint density at radius 2 is 1.78 bits per heavy atom. The number of nitrogens with zero attached hydrogens (tertiary/aromatic N) is 4.